The monoisotopic (exact) mass is 421 g/mol. The Morgan fingerprint density at radius 2 is 1.84 bits per heavy atom. The molecule has 7 nitrogen and oxygen atoms in total. The molecule has 0 radical (unpaired) electrons. The molecule has 3 N–H and O–H groups in total. The van der Waals surface area contributed by atoms with E-state index in [1.54, 1.807) is 51.4 Å². The predicted molar refractivity (Wildman–Crippen MR) is 120 cm³/mol. The molecule has 1 atom stereocenters. The Morgan fingerprint density at radius 1 is 1.06 bits per heavy atom. The van der Waals surface area contributed by atoms with E-state index in [4.69, 9.17) is 15.2 Å². The van der Waals surface area contributed by atoms with Gasteiger partial charge >= 0.3 is 5.97 Å². The first-order valence-electron chi connectivity index (χ1n) is 9.98. The van der Waals surface area contributed by atoms with Crippen LogP contribution in [0.15, 0.2) is 54.9 Å². The summed E-state index contributed by atoms with van der Waals surface area (Å²) in [5.74, 6) is -0.560. The van der Waals surface area contributed by atoms with E-state index in [-0.39, 0.29) is 18.4 Å². The number of methoxy groups -OCH3 is 1. The Balaban J connectivity index is 1.81. The lowest BCUT2D eigenvalue weighted by Crippen LogP contribution is -2.28. The van der Waals surface area contributed by atoms with E-state index in [0.29, 0.717) is 22.7 Å². The van der Waals surface area contributed by atoms with Gasteiger partial charge in [0.2, 0.25) is 5.91 Å². The third-order valence-corrected chi connectivity index (χ3v) is 4.87. The van der Waals surface area contributed by atoms with Crippen LogP contribution < -0.4 is 20.5 Å². The molecule has 2 aromatic carbocycles. The Hall–Kier alpha value is -3.45. The van der Waals surface area contributed by atoms with Crippen molar-refractivity contribution in [1.82, 2.24) is 4.98 Å². The highest BCUT2D eigenvalue weighted by molar-refractivity contribution is 5.98. The number of hydrogen-bond acceptors (Lipinski definition) is 6. The highest BCUT2D eigenvalue weighted by Crippen LogP contribution is 2.33. The number of nitrogens with zero attached hydrogens (tertiary/aromatic N) is 1. The highest BCUT2D eigenvalue weighted by atomic mass is 16.6. The van der Waals surface area contributed by atoms with Crippen molar-refractivity contribution >= 4 is 28.3 Å². The van der Waals surface area contributed by atoms with Crippen molar-refractivity contribution in [3.63, 3.8) is 0 Å². The molecule has 31 heavy (non-hydrogen) atoms. The average Bonchev–Trinajstić information content (AvgIpc) is 2.74. The topological polar surface area (TPSA) is 104 Å². The minimum atomic E-state index is -0.653. The van der Waals surface area contributed by atoms with Crippen LogP contribution in [0.4, 0.5) is 5.69 Å². The van der Waals surface area contributed by atoms with E-state index >= 15 is 0 Å². The number of nitrogens with two attached hydrogens (primary N) is 1. The van der Waals surface area contributed by atoms with Crippen molar-refractivity contribution in [2.24, 2.45) is 11.1 Å². The summed E-state index contributed by atoms with van der Waals surface area (Å²) in [6, 6.07) is 12.5. The van der Waals surface area contributed by atoms with Crippen LogP contribution in [0.3, 0.4) is 0 Å². The normalized spacial score (nSPS) is 12.3. The van der Waals surface area contributed by atoms with E-state index in [1.807, 2.05) is 24.3 Å². The van der Waals surface area contributed by atoms with Crippen LogP contribution >= 0.6 is 0 Å². The van der Waals surface area contributed by atoms with Crippen LogP contribution in [0.25, 0.3) is 10.8 Å². The second kappa shape index (κ2) is 9.14. The Morgan fingerprint density at radius 3 is 2.52 bits per heavy atom. The number of benzene rings is 2. The summed E-state index contributed by atoms with van der Waals surface area (Å²) in [6.07, 6.45) is 3.47. The number of amides is 1. The number of carbonyl (C=O) groups is 2. The van der Waals surface area contributed by atoms with Gasteiger partial charge in [-0.3, -0.25) is 14.6 Å². The van der Waals surface area contributed by atoms with Gasteiger partial charge in [0.25, 0.3) is 0 Å². The number of fused-ring (bicyclic) bond motifs is 1. The van der Waals surface area contributed by atoms with Crippen molar-refractivity contribution in [2.45, 2.75) is 26.7 Å². The van der Waals surface area contributed by atoms with Crippen LogP contribution in [0.2, 0.25) is 0 Å². The van der Waals surface area contributed by atoms with E-state index in [0.717, 1.165) is 10.8 Å². The third kappa shape index (κ3) is 5.19. The minimum Gasteiger partial charge on any atom is -0.493 e. The number of esters is 1. The number of anilines is 1. The zero-order chi connectivity index (χ0) is 22.6. The lowest BCUT2D eigenvalue weighted by Gasteiger charge is -2.20. The lowest BCUT2D eigenvalue weighted by atomic mass is 9.96. The largest absolute Gasteiger partial charge is 0.493 e. The van der Waals surface area contributed by atoms with Gasteiger partial charge in [-0.25, -0.2) is 0 Å². The Labute approximate surface area is 181 Å². The van der Waals surface area contributed by atoms with E-state index < -0.39 is 11.3 Å². The molecule has 7 heteroatoms. The number of aromatic nitrogens is 1. The molecule has 1 unspecified atom stereocenters. The molecule has 162 valence electrons. The van der Waals surface area contributed by atoms with Gasteiger partial charge in [0.05, 0.1) is 18.4 Å². The van der Waals surface area contributed by atoms with Crippen LogP contribution in [0.5, 0.6) is 11.5 Å². The van der Waals surface area contributed by atoms with Gasteiger partial charge in [-0.1, -0.05) is 12.1 Å². The van der Waals surface area contributed by atoms with Crippen LogP contribution in [-0.4, -0.2) is 30.5 Å². The standard InChI is InChI=1S/C24H27N3O4/c1-24(2,3)23(29)31-20-8-6-16(12-21(20)30-4)19(13-25)22(28)27-18-7-5-17-14-26-10-9-15(17)11-18/h5-12,14,19H,13,25H2,1-4H3,(H,27,28). The quantitative estimate of drug-likeness (QED) is 0.462. The summed E-state index contributed by atoms with van der Waals surface area (Å²) in [5, 5.41) is 4.89. The molecule has 1 amide bonds. The van der Waals surface area contributed by atoms with Crippen LogP contribution in [-0.2, 0) is 9.59 Å². The summed E-state index contributed by atoms with van der Waals surface area (Å²) in [5.41, 5.74) is 6.60. The molecule has 0 saturated carbocycles. The second-order valence-corrected chi connectivity index (χ2v) is 8.26. The predicted octanol–water partition coefficient (Wildman–Crippen LogP) is 3.88. The van der Waals surface area contributed by atoms with Gasteiger partial charge in [-0.15, -0.1) is 0 Å². The van der Waals surface area contributed by atoms with Gasteiger partial charge in [-0.05, 0) is 62.1 Å². The molecule has 0 aliphatic heterocycles. The molecule has 3 aromatic rings. The average molecular weight is 421 g/mol. The molecule has 1 aromatic heterocycles. The molecule has 0 saturated heterocycles. The van der Waals surface area contributed by atoms with E-state index in [9.17, 15) is 9.59 Å². The van der Waals surface area contributed by atoms with Crippen LogP contribution in [0, 0.1) is 5.41 Å². The van der Waals surface area contributed by atoms with Gasteiger partial charge in [0.15, 0.2) is 11.5 Å². The van der Waals surface area contributed by atoms with E-state index in [2.05, 4.69) is 10.3 Å². The maximum atomic E-state index is 12.9. The Bertz CT molecular complexity index is 1110. The summed E-state index contributed by atoms with van der Waals surface area (Å²) >= 11 is 0. The first kappa shape index (κ1) is 22.2. The number of pyridine rings is 1. The number of hydrogen-bond donors (Lipinski definition) is 2. The smallest absolute Gasteiger partial charge is 0.316 e. The maximum absolute atomic E-state index is 12.9. The molecule has 0 fully saturated rings. The van der Waals surface area contributed by atoms with Gasteiger partial charge in [0, 0.05) is 30.0 Å². The first-order valence-corrected chi connectivity index (χ1v) is 9.98. The van der Waals surface area contributed by atoms with Crippen molar-refractivity contribution in [2.75, 3.05) is 19.0 Å². The second-order valence-electron chi connectivity index (χ2n) is 8.26. The third-order valence-electron chi connectivity index (χ3n) is 4.87. The molecule has 1 heterocycles. The number of nitrogens with one attached hydrogen (secondary N) is 1. The highest BCUT2D eigenvalue weighted by Gasteiger charge is 2.26. The molecule has 3 rings (SSSR count). The zero-order valence-electron chi connectivity index (χ0n) is 18.1. The van der Waals surface area contributed by atoms with Crippen LogP contribution in [0.1, 0.15) is 32.3 Å². The summed E-state index contributed by atoms with van der Waals surface area (Å²) < 4.78 is 10.9. The summed E-state index contributed by atoms with van der Waals surface area (Å²) in [4.78, 5) is 29.3. The minimum absolute atomic E-state index is 0.105. The number of ether oxygens (including phenoxy) is 2. The molecule has 0 bridgehead atoms. The first-order chi connectivity index (χ1) is 14.7. The molecule has 0 aliphatic rings. The summed E-state index contributed by atoms with van der Waals surface area (Å²) in [7, 11) is 1.48. The number of carbonyl (C=O) groups excluding carboxylic acids is 2. The number of rotatable bonds is 6. The molecule has 0 spiro atoms. The van der Waals surface area contributed by atoms with Gasteiger partial charge in [-0.2, -0.15) is 0 Å². The van der Waals surface area contributed by atoms with Gasteiger partial charge < -0.3 is 20.5 Å². The van der Waals surface area contributed by atoms with Crippen molar-refractivity contribution in [1.29, 1.82) is 0 Å². The molecule has 0 aliphatic carbocycles. The van der Waals surface area contributed by atoms with E-state index in [1.165, 1.54) is 7.11 Å². The van der Waals surface area contributed by atoms with Crippen molar-refractivity contribution in [3.8, 4) is 11.5 Å². The van der Waals surface area contributed by atoms with Gasteiger partial charge in [0.1, 0.15) is 0 Å². The fourth-order valence-electron chi connectivity index (χ4n) is 3.02. The van der Waals surface area contributed by atoms with Crippen molar-refractivity contribution < 1.29 is 19.1 Å². The summed E-state index contributed by atoms with van der Waals surface area (Å²) in [6.45, 7) is 5.42. The lowest BCUT2D eigenvalue weighted by molar-refractivity contribution is -0.143. The molecular formula is C24H27N3O4. The Kier molecular flexibility index (Phi) is 6.56. The van der Waals surface area contributed by atoms with Crippen molar-refractivity contribution in [3.05, 3.63) is 60.4 Å². The fourth-order valence-corrected chi connectivity index (χ4v) is 3.02. The fraction of sp³-hybridized carbons (Fsp3) is 0.292. The SMILES string of the molecule is COc1cc(C(CN)C(=O)Nc2ccc3cnccc3c2)ccc1OC(=O)C(C)(C)C. The maximum Gasteiger partial charge on any atom is 0.316 e. The molecular weight excluding hydrogens is 394 g/mol. The zero-order valence-corrected chi connectivity index (χ0v) is 18.1.